The molecule has 3 atom stereocenters. The van der Waals surface area contributed by atoms with Crippen LogP contribution in [0.5, 0.6) is 0 Å². The number of carbonyl (C=O) groups is 1. The minimum absolute atomic E-state index is 0.0603. The zero-order valence-corrected chi connectivity index (χ0v) is 55.6. The van der Waals surface area contributed by atoms with Crippen LogP contribution in [0.1, 0.15) is 322 Å². The Morgan fingerprint density at radius 1 is 0.427 bits per heavy atom. The largest absolute Gasteiger partial charge is 0.472 e. The Hall–Kier alpha value is -2.32. The summed E-state index contributed by atoms with van der Waals surface area (Å²) in [6.07, 6.45) is 90.1. The second kappa shape index (κ2) is 63.2. The van der Waals surface area contributed by atoms with E-state index in [0.717, 1.165) is 77.0 Å². The number of likely N-dealkylation sites (N-methyl/N-ethyl adjacent to an activating group) is 1. The molecule has 478 valence electrons. The topological polar surface area (TPSA) is 105 Å². The quantitative estimate of drug-likeness (QED) is 0.0243. The Morgan fingerprint density at radius 3 is 1.07 bits per heavy atom. The number of phosphoric ester groups is 1. The van der Waals surface area contributed by atoms with Crippen molar-refractivity contribution < 1.29 is 32.9 Å². The van der Waals surface area contributed by atoms with Crippen molar-refractivity contribution in [2.75, 3.05) is 40.9 Å². The SMILES string of the molecule is CC/C=C\C/C=C\C/C=C\C/C=C\C/C=C\C/C=C\CCCCCCCCCCCCCCCCCCC(=O)NC(COP(=O)(O)OCC[N+](C)(C)C)C(O)/C=C/CCCCCCCCCCCCCCCCCCCCCCCCC. The second-order valence-electron chi connectivity index (χ2n) is 24.9. The fourth-order valence-electron chi connectivity index (χ4n) is 10.2. The average Bonchev–Trinajstić information content (AvgIpc) is 3.45. The van der Waals surface area contributed by atoms with Crippen LogP contribution >= 0.6 is 7.82 Å². The third-order valence-electron chi connectivity index (χ3n) is 15.6. The molecule has 0 fully saturated rings. The Balaban J connectivity index is 4.06. The van der Waals surface area contributed by atoms with Gasteiger partial charge in [0.15, 0.2) is 0 Å². The Morgan fingerprint density at radius 2 is 0.732 bits per heavy atom. The summed E-state index contributed by atoms with van der Waals surface area (Å²) in [5, 5.41) is 14.0. The minimum atomic E-state index is -4.36. The third-order valence-corrected chi connectivity index (χ3v) is 16.6. The number of allylic oxidation sites excluding steroid dienone is 13. The standard InChI is InChI=1S/C73H135N2O6P/c1-6-8-10-12-14-16-18-20-22-24-26-28-30-32-33-34-35-36-37-38-39-40-41-43-45-47-49-51-53-55-57-59-61-63-65-67-73(77)74-71(70-81-82(78,79)80-69-68-75(3,4)5)72(76)66-64-62-60-58-56-54-52-50-48-46-44-42-31-29-27-25-23-21-19-17-15-13-11-9-7-2/h8,10,14,16,20,22,26,28,32-33,35-36,64,66,71-72,76H,6-7,9,11-13,15,17-19,21,23-25,27,29-31,34,37-63,65,67-70H2,1-5H3,(H-,74,77,78,79)/p+1/b10-8-,16-14-,22-20-,28-26-,33-32-,36-35-,66-64+. The highest BCUT2D eigenvalue weighted by molar-refractivity contribution is 7.47. The molecular formula is C73H136N2O6P+. The molecule has 82 heavy (non-hydrogen) atoms. The number of nitrogens with zero attached hydrogens (tertiary/aromatic N) is 1. The van der Waals surface area contributed by atoms with Crippen LogP contribution in [0.4, 0.5) is 0 Å². The van der Waals surface area contributed by atoms with Gasteiger partial charge in [0, 0.05) is 6.42 Å². The van der Waals surface area contributed by atoms with Crippen LogP contribution in [0.2, 0.25) is 0 Å². The molecule has 0 aliphatic carbocycles. The van der Waals surface area contributed by atoms with E-state index in [1.165, 1.54) is 225 Å². The predicted molar refractivity (Wildman–Crippen MR) is 360 cm³/mol. The molecule has 9 heteroatoms. The van der Waals surface area contributed by atoms with Gasteiger partial charge < -0.3 is 19.8 Å². The van der Waals surface area contributed by atoms with Crippen molar-refractivity contribution in [3.63, 3.8) is 0 Å². The van der Waals surface area contributed by atoms with Gasteiger partial charge in [-0.2, -0.15) is 0 Å². The van der Waals surface area contributed by atoms with Crippen LogP contribution in [-0.4, -0.2) is 73.4 Å². The number of hydrogen-bond donors (Lipinski definition) is 3. The van der Waals surface area contributed by atoms with Gasteiger partial charge in [0.2, 0.25) is 5.91 Å². The predicted octanol–water partition coefficient (Wildman–Crippen LogP) is 22.3. The number of rotatable bonds is 64. The van der Waals surface area contributed by atoms with Crippen LogP contribution in [0, 0.1) is 0 Å². The fraction of sp³-hybridized carbons (Fsp3) is 0.795. The molecule has 0 aromatic carbocycles. The lowest BCUT2D eigenvalue weighted by atomic mass is 10.0. The fourth-order valence-corrected chi connectivity index (χ4v) is 11.0. The minimum Gasteiger partial charge on any atom is -0.387 e. The number of nitrogens with one attached hydrogen (secondary N) is 1. The highest BCUT2D eigenvalue weighted by Gasteiger charge is 2.28. The van der Waals surface area contributed by atoms with Gasteiger partial charge in [0.05, 0.1) is 39.9 Å². The number of carbonyl (C=O) groups excluding carboxylic acids is 1. The van der Waals surface area contributed by atoms with Gasteiger partial charge in [-0.05, 0) is 70.6 Å². The van der Waals surface area contributed by atoms with Crippen LogP contribution in [0.15, 0.2) is 85.1 Å². The lowest BCUT2D eigenvalue weighted by Crippen LogP contribution is -2.45. The van der Waals surface area contributed by atoms with Crippen LogP contribution in [-0.2, 0) is 18.4 Å². The summed E-state index contributed by atoms with van der Waals surface area (Å²) < 4.78 is 23.8. The van der Waals surface area contributed by atoms with Crippen molar-refractivity contribution in [3.8, 4) is 0 Å². The molecule has 0 spiro atoms. The normalized spacial score (nSPS) is 14.2. The summed E-state index contributed by atoms with van der Waals surface area (Å²) in [6.45, 7) is 4.74. The van der Waals surface area contributed by atoms with Gasteiger partial charge in [-0.15, -0.1) is 0 Å². The van der Waals surface area contributed by atoms with Gasteiger partial charge in [-0.3, -0.25) is 13.8 Å². The van der Waals surface area contributed by atoms with Crippen molar-refractivity contribution in [2.45, 2.75) is 334 Å². The first kappa shape index (κ1) is 79.7. The zero-order chi connectivity index (χ0) is 59.8. The molecule has 0 saturated heterocycles. The molecule has 3 N–H and O–H groups in total. The molecule has 0 heterocycles. The van der Waals surface area contributed by atoms with Crippen LogP contribution in [0.25, 0.3) is 0 Å². The number of hydrogen-bond acceptors (Lipinski definition) is 5. The van der Waals surface area contributed by atoms with Gasteiger partial charge in [0.1, 0.15) is 13.2 Å². The first-order chi connectivity index (χ1) is 40.0. The van der Waals surface area contributed by atoms with Crippen LogP contribution < -0.4 is 5.32 Å². The summed E-state index contributed by atoms with van der Waals surface area (Å²) in [5.74, 6) is -0.175. The van der Waals surface area contributed by atoms with E-state index in [1.54, 1.807) is 6.08 Å². The Kier molecular flexibility index (Phi) is 61.4. The number of quaternary nitrogens is 1. The molecule has 0 aromatic heterocycles. The molecule has 0 bridgehead atoms. The van der Waals surface area contributed by atoms with Crippen molar-refractivity contribution >= 4 is 13.7 Å². The van der Waals surface area contributed by atoms with Crippen molar-refractivity contribution in [1.82, 2.24) is 5.32 Å². The van der Waals surface area contributed by atoms with Gasteiger partial charge in [-0.1, -0.05) is 330 Å². The van der Waals surface area contributed by atoms with Gasteiger partial charge in [-0.25, -0.2) is 4.57 Å². The molecule has 0 saturated carbocycles. The molecular weight excluding hydrogens is 1030 g/mol. The first-order valence-electron chi connectivity index (χ1n) is 35.0. The first-order valence-corrected chi connectivity index (χ1v) is 36.5. The Labute approximate surface area is 509 Å². The summed E-state index contributed by atoms with van der Waals surface area (Å²) in [5.41, 5.74) is 0. The number of amides is 1. The highest BCUT2D eigenvalue weighted by atomic mass is 31.2. The molecule has 3 unspecified atom stereocenters. The molecule has 8 nitrogen and oxygen atoms in total. The summed E-state index contributed by atoms with van der Waals surface area (Å²) in [4.78, 5) is 23.4. The van der Waals surface area contributed by atoms with E-state index in [-0.39, 0.29) is 19.1 Å². The van der Waals surface area contributed by atoms with E-state index in [2.05, 4.69) is 92.1 Å². The maximum Gasteiger partial charge on any atom is 0.472 e. The van der Waals surface area contributed by atoms with Gasteiger partial charge in [0.25, 0.3) is 0 Å². The van der Waals surface area contributed by atoms with E-state index in [0.29, 0.717) is 17.4 Å². The summed E-state index contributed by atoms with van der Waals surface area (Å²) in [7, 11) is 1.58. The van der Waals surface area contributed by atoms with Crippen molar-refractivity contribution in [3.05, 3.63) is 85.1 Å². The van der Waals surface area contributed by atoms with E-state index in [4.69, 9.17) is 9.05 Å². The van der Waals surface area contributed by atoms with Crippen molar-refractivity contribution in [1.29, 1.82) is 0 Å². The maximum absolute atomic E-state index is 13.1. The van der Waals surface area contributed by atoms with E-state index in [9.17, 15) is 19.4 Å². The summed E-state index contributed by atoms with van der Waals surface area (Å²) in [6, 6.07) is -0.851. The van der Waals surface area contributed by atoms with E-state index >= 15 is 0 Å². The Bertz CT molecular complexity index is 1610. The number of phosphoric acid groups is 1. The third kappa shape index (κ3) is 65.2. The molecule has 0 radical (unpaired) electrons. The number of aliphatic hydroxyl groups excluding tert-OH is 1. The van der Waals surface area contributed by atoms with Crippen molar-refractivity contribution in [2.24, 2.45) is 0 Å². The van der Waals surface area contributed by atoms with E-state index < -0.39 is 20.0 Å². The smallest absolute Gasteiger partial charge is 0.387 e. The maximum atomic E-state index is 13.1. The molecule has 0 aliphatic heterocycles. The second-order valence-corrected chi connectivity index (χ2v) is 26.3. The zero-order valence-electron chi connectivity index (χ0n) is 54.7. The van der Waals surface area contributed by atoms with E-state index in [1.807, 2.05) is 27.2 Å². The molecule has 0 aromatic rings. The molecule has 0 aliphatic rings. The highest BCUT2D eigenvalue weighted by Crippen LogP contribution is 2.43. The van der Waals surface area contributed by atoms with Crippen LogP contribution in [0.3, 0.4) is 0 Å². The lowest BCUT2D eigenvalue weighted by molar-refractivity contribution is -0.870. The van der Waals surface area contributed by atoms with Gasteiger partial charge >= 0.3 is 7.82 Å². The monoisotopic (exact) mass is 1170 g/mol. The molecule has 1 amide bonds. The molecule has 0 rings (SSSR count). The number of aliphatic hydroxyl groups is 1. The summed E-state index contributed by atoms with van der Waals surface area (Å²) >= 11 is 0. The average molecular weight is 1170 g/mol. The number of unbranched alkanes of at least 4 members (excludes halogenated alkanes) is 39. The lowest BCUT2D eigenvalue weighted by Gasteiger charge is -2.25.